The van der Waals surface area contributed by atoms with Crippen LogP contribution in [-0.2, 0) is 4.74 Å². The Balaban J connectivity index is 3.26. The van der Waals surface area contributed by atoms with Crippen LogP contribution >= 0.6 is 47.8 Å². The number of benzene rings is 1. The van der Waals surface area contributed by atoms with Crippen LogP contribution < -0.4 is 0 Å². The quantitative estimate of drug-likeness (QED) is 0.554. The largest absolute Gasteiger partial charge is 0.465 e. The molecule has 0 unspecified atom stereocenters. The number of rotatable bonds is 1. The van der Waals surface area contributed by atoms with Gasteiger partial charge in [0.25, 0.3) is 0 Å². The maximum Gasteiger partial charge on any atom is 0.339 e. The van der Waals surface area contributed by atoms with Crippen LogP contribution in [0, 0.1) is 0 Å². The van der Waals surface area contributed by atoms with Gasteiger partial charge in [-0.15, -0.1) is 0 Å². The number of esters is 1. The molecule has 70 valence electrons. The Morgan fingerprint density at radius 3 is 2.38 bits per heavy atom. The molecule has 1 rings (SSSR count). The van der Waals surface area contributed by atoms with Gasteiger partial charge in [-0.05, 0) is 59.9 Å². The van der Waals surface area contributed by atoms with Gasteiger partial charge in [-0.2, -0.15) is 0 Å². The fourth-order valence-corrected chi connectivity index (χ4v) is 2.24. The summed E-state index contributed by atoms with van der Waals surface area (Å²) in [6, 6.07) is 3.46. The first-order chi connectivity index (χ1) is 6.07. The minimum Gasteiger partial charge on any atom is -0.465 e. The molecule has 1 aromatic carbocycles. The number of carbonyl (C=O) groups excluding carboxylic acids is 1. The number of hydrogen-bond acceptors (Lipinski definition) is 2. The molecule has 0 fully saturated rings. The molecule has 0 saturated carbocycles. The smallest absolute Gasteiger partial charge is 0.339 e. The Morgan fingerprint density at radius 2 is 1.85 bits per heavy atom. The fourth-order valence-electron chi connectivity index (χ4n) is 0.794. The van der Waals surface area contributed by atoms with E-state index in [9.17, 15) is 4.79 Å². The second-order valence-electron chi connectivity index (χ2n) is 2.21. The van der Waals surface area contributed by atoms with Gasteiger partial charge in [-0.1, -0.05) is 0 Å². The Hall–Kier alpha value is 0.130. The molecule has 0 saturated heterocycles. The van der Waals surface area contributed by atoms with Crippen molar-refractivity contribution in [3.05, 3.63) is 31.1 Å². The van der Waals surface area contributed by atoms with Crippen LogP contribution in [0.5, 0.6) is 0 Å². The lowest BCUT2D eigenvalue weighted by Gasteiger charge is -2.05. The van der Waals surface area contributed by atoms with Gasteiger partial charge in [-0.25, -0.2) is 4.79 Å². The first-order valence-electron chi connectivity index (χ1n) is 3.29. The molecule has 1 aromatic rings. The number of carbonyl (C=O) groups is 1. The molecule has 0 radical (unpaired) electrons. The third-order valence-corrected chi connectivity index (χ3v) is 4.81. The molecular weight excluding hydrogens is 368 g/mol. The predicted molar refractivity (Wildman–Crippen MR) is 60.9 cm³/mol. The van der Waals surface area contributed by atoms with Crippen LogP contribution in [0.15, 0.2) is 25.6 Å². The Labute approximate surface area is 101 Å². The summed E-state index contributed by atoms with van der Waals surface area (Å²) in [6.45, 7) is 0. The lowest BCUT2D eigenvalue weighted by molar-refractivity contribution is 0.0599. The van der Waals surface area contributed by atoms with E-state index in [-0.39, 0.29) is 5.97 Å². The van der Waals surface area contributed by atoms with E-state index in [0.29, 0.717) is 10.0 Å². The van der Waals surface area contributed by atoms with Crippen molar-refractivity contribution in [1.82, 2.24) is 0 Å². The third kappa shape index (κ3) is 2.33. The first-order valence-corrected chi connectivity index (χ1v) is 5.67. The predicted octanol–water partition coefficient (Wildman–Crippen LogP) is 3.76. The van der Waals surface area contributed by atoms with Gasteiger partial charge in [0.1, 0.15) is 0 Å². The van der Waals surface area contributed by atoms with Crippen LogP contribution in [0.3, 0.4) is 0 Å². The van der Waals surface area contributed by atoms with Crippen molar-refractivity contribution in [2.75, 3.05) is 7.11 Å². The molecule has 0 heterocycles. The molecule has 13 heavy (non-hydrogen) atoms. The van der Waals surface area contributed by atoms with Crippen molar-refractivity contribution in [2.24, 2.45) is 0 Å². The molecule has 0 spiro atoms. The number of hydrogen-bond donors (Lipinski definition) is 0. The van der Waals surface area contributed by atoms with Gasteiger partial charge >= 0.3 is 5.97 Å². The molecule has 0 amide bonds. The Kier molecular flexibility index (Phi) is 3.94. The molecule has 0 aliphatic rings. The van der Waals surface area contributed by atoms with Crippen LogP contribution in [0.25, 0.3) is 0 Å². The maximum absolute atomic E-state index is 11.2. The Bertz CT molecular complexity index is 349. The molecule has 0 aliphatic heterocycles. The van der Waals surface area contributed by atoms with E-state index < -0.39 is 0 Å². The highest BCUT2D eigenvalue weighted by atomic mass is 79.9. The van der Waals surface area contributed by atoms with E-state index in [4.69, 9.17) is 0 Å². The van der Waals surface area contributed by atoms with Gasteiger partial charge in [-0.3, -0.25) is 0 Å². The molecule has 0 atom stereocenters. The van der Waals surface area contributed by atoms with Gasteiger partial charge in [0.05, 0.1) is 12.7 Å². The Morgan fingerprint density at radius 1 is 1.23 bits per heavy atom. The summed E-state index contributed by atoms with van der Waals surface area (Å²) in [4.78, 5) is 11.2. The zero-order valence-corrected chi connectivity index (χ0v) is 11.4. The second kappa shape index (κ2) is 4.57. The summed E-state index contributed by atoms with van der Waals surface area (Å²) in [7, 11) is 1.35. The monoisotopic (exact) mass is 370 g/mol. The van der Waals surface area contributed by atoms with Crippen LogP contribution in [-0.4, -0.2) is 13.1 Å². The lowest BCUT2D eigenvalue weighted by atomic mass is 10.2. The summed E-state index contributed by atoms with van der Waals surface area (Å²) in [5, 5.41) is 0. The zero-order valence-electron chi connectivity index (χ0n) is 6.61. The highest BCUT2D eigenvalue weighted by Gasteiger charge is 2.13. The average molecular weight is 373 g/mol. The second-order valence-corrected chi connectivity index (χ2v) is 4.65. The van der Waals surface area contributed by atoms with Crippen molar-refractivity contribution < 1.29 is 9.53 Å². The molecule has 0 aliphatic carbocycles. The van der Waals surface area contributed by atoms with E-state index in [0.717, 1.165) is 8.95 Å². The molecule has 0 N–H and O–H groups in total. The van der Waals surface area contributed by atoms with Crippen molar-refractivity contribution in [1.29, 1.82) is 0 Å². The van der Waals surface area contributed by atoms with Gasteiger partial charge in [0.15, 0.2) is 0 Å². The van der Waals surface area contributed by atoms with Crippen molar-refractivity contribution in [3.8, 4) is 0 Å². The molecule has 5 heteroatoms. The van der Waals surface area contributed by atoms with Crippen molar-refractivity contribution in [3.63, 3.8) is 0 Å². The maximum atomic E-state index is 11.2. The highest BCUT2D eigenvalue weighted by molar-refractivity contribution is 9.14. The molecule has 0 aromatic heterocycles. The zero-order chi connectivity index (χ0) is 10.0. The average Bonchev–Trinajstić information content (AvgIpc) is 2.13. The minimum absolute atomic E-state index is 0.361. The third-order valence-electron chi connectivity index (χ3n) is 1.44. The van der Waals surface area contributed by atoms with Crippen molar-refractivity contribution >= 4 is 53.8 Å². The van der Waals surface area contributed by atoms with E-state index in [1.165, 1.54) is 7.11 Å². The standard InChI is InChI=1S/C8H5Br3O2/c1-13-8(12)4-2-3-5(9)7(11)6(4)10/h2-3H,1H3. The first kappa shape index (κ1) is 11.2. The van der Waals surface area contributed by atoms with E-state index in [1.54, 1.807) is 12.1 Å². The van der Waals surface area contributed by atoms with Gasteiger partial charge < -0.3 is 4.74 Å². The fraction of sp³-hybridized carbons (Fsp3) is 0.125. The normalized spacial score (nSPS) is 9.85. The van der Waals surface area contributed by atoms with Crippen LogP contribution in [0.1, 0.15) is 10.4 Å². The molecule has 0 bridgehead atoms. The number of ether oxygens (including phenoxy) is 1. The van der Waals surface area contributed by atoms with Gasteiger partial charge in [0, 0.05) is 13.4 Å². The topological polar surface area (TPSA) is 26.3 Å². The number of methoxy groups -OCH3 is 1. The SMILES string of the molecule is COC(=O)c1ccc(Br)c(Br)c1Br. The summed E-state index contributed by atoms with van der Waals surface area (Å²) in [5.41, 5.74) is 0.498. The molecule has 2 nitrogen and oxygen atoms in total. The summed E-state index contributed by atoms with van der Waals surface area (Å²) >= 11 is 9.94. The summed E-state index contributed by atoms with van der Waals surface area (Å²) < 4.78 is 6.98. The van der Waals surface area contributed by atoms with E-state index in [2.05, 4.69) is 52.5 Å². The van der Waals surface area contributed by atoms with Gasteiger partial charge in [0.2, 0.25) is 0 Å². The molecular formula is C8H5Br3O2. The van der Waals surface area contributed by atoms with Crippen LogP contribution in [0.4, 0.5) is 0 Å². The van der Waals surface area contributed by atoms with E-state index in [1.807, 2.05) is 0 Å². The van der Waals surface area contributed by atoms with Crippen molar-refractivity contribution in [2.45, 2.75) is 0 Å². The number of halogens is 3. The van der Waals surface area contributed by atoms with E-state index >= 15 is 0 Å². The highest BCUT2D eigenvalue weighted by Crippen LogP contribution is 2.33. The lowest BCUT2D eigenvalue weighted by Crippen LogP contribution is -2.02. The summed E-state index contributed by atoms with van der Waals surface area (Å²) in [5.74, 6) is -0.361. The van der Waals surface area contributed by atoms with Crippen LogP contribution in [0.2, 0.25) is 0 Å². The minimum atomic E-state index is -0.361. The summed E-state index contributed by atoms with van der Waals surface area (Å²) in [6.07, 6.45) is 0.